The number of aliphatic hydroxyl groups is 1. The highest BCUT2D eigenvalue weighted by Gasteiger charge is 2.36. The molecular weight excluding hydrogens is 248 g/mol. The smallest absolute Gasteiger partial charge is 0.0558 e. The third-order valence-electron chi connectivity index (χ3n) is 4.77. The maximum absolute atomic E-state index is 9.31. The summed E-state index contributed by atoms with van der Waals surface area (Å²) >= 11 is 0. The second-order valence-corrected chi connectivity index (χ2v) is 7.17. The van der Waals surface area contributed by atoms with E-state index >= 15 is 0 Å². The Hall–Kier alpha value is -0.120. The van der Waals surface area contributed by atoms with Gasteiger partial charge in [0.1, 0.15) is 0 Å². The number of hydrogen-bond acceptors (Lipinski definition) is 3. The summed E-state index contributed by atoms with van der Waals surface area (Å²) < 4.78 is 0. The molecule has 1 aliphatic carbocycles. The Morgan fingerprint density at radius 3 is 2.70 bits per heavy atom. The monoisotopic (exact) mass is 284 g/mol. The zero-order chi connectivity index (χ0) is 15.0. The van der Waals surface area contributed by atoms with Gasteiger partial charge in [0, 0.05) is 25.7 Å². The van der Waals surface area contributed by atoms with Crippen LogP contribution in [0.5, 0.6) is 0 Å². The van der Waals surface area contributed by atoms with Crippen LogP contribution in [0.25, 0.3) is 0 Å². The molecule has 0 spiro atoms. The Morgan fingerprint density at radius 1 is 1.40 bits per heavy atom. The first-order valence-electron chi connectivity index (χ1n) is 8.58. The Morgan fingerprint density at radius 2 is 2.15 bits per heavy atom. The lowest BCUT2D eigenvalue weighted by atomic mass is 9.69. The molecule has 0 heterocycles. The van der Waals surface area contributed by atoms with Crippen LogP contribution in [0.3, 0.4) is 0 Å². The highest BCUT2D eigenvalue weighted by molar-refractivity contribution is 4.90. The lowest BCUT2D eigenvalue weighted by molar-refractivity contribution is 0.0549. The molecule has 1 aliphatic rings. The third-order valence-corrected chi connectivity index (χ3v) is 4.77. The van der Waals surface area contributed by atoms with Crippen LogP contribution in [-0.4, -0.2) is 48.8 Å². The predicted molar refractivity (Wildman–Crippen MR) is 87.0 cm³/mol. The summed E-state index contributed by atoms with van der Waals surface area (Å²) in [5.41, 5.74) is 0.409. The summed E-state index contributed by atoms with van der Waals surface area (Å²) in [5.74, 6) is 0.843. The lowest BCUT2D eigenvalue weighted by Gasteiger charge is -2.44. The Kier molecular flexibility index (Phi) is 8.08. The van der Waals surface area contributed by atoms with Crippen LogP contribution >= 0.6 is 0 Å². The molecule has 0 aromatic rings. The quantitative estimate of drug-likeness (QED) is 0.639. The maximum Gasteiger partial charge on any atom is 0.0558 e. The van der Waals surface area contributed by atoms with Crippen LogP contribution in [0.4, 0.5) is 0 Å². The highest BCUT2D eigenvalue weighted by Crippen LogP contribution is 2.39. The van der Waals surface area contributed by atoms with Crippen molar-refractivity contribution in [3.05, 3.63) is 0 Å². The largest absolute Gasteiger partial charge is 0.395 e. The Labute approximate surface area is 126 Å². The van der Waals surface area contributed by atoms with Gasteiger partial charge in [-0.2, -0.15) is 0 Å². The van der Waals surface area contributed by atoms with E-state index in [1.807, 2.05) is 0 Å². The second kappa shape index (κ2) is 9.01. The molecule has 0 saturated heterocycles. The van der Waals surface area contributed by atoms with E-state index in [4.69, 9.17) is 0 Å². The van der Waals surface area contributed by atoms with Crippen molar-refractivity contribution in [2.75, 3.05) is 32.8 Å². The zero-order valence-corrected chi connectivity index (χ0v) is 14.1. The van der Waals surface area contributed by atoms with E-state index < -0.39 is 0 Å². The molecule has 0 bridgehead atoms. The fourth-order valence-corrected chi connectivity index (χ4v) is 3.74. The van der Waals surface area contributed by atoms with Crippen molar-refractivity contribution in [2.24, 2.45) is 11.3 Å². The van der Waals surface area contributed by atoms with Gasteiger partial charge < -0.3 is 10.4 Å². The van der Waals surface area contributed by atoms with Crippen LogP contribution in [0.2, 0.25) is 0 Å². The minimum Gasteiger partial charge on any atom is -0.395 e. The van der Waals surface area contributed by atoms with E-state index in [2.05, 4.69) is 37.9 Å². The van der Waals surface area contributed by atoms with E-state index in [-0.39, 0.29) is 6.61 Å². The molecule has 20 heavy (non-hydrogen) atoms. The van der Waals surface area contributed by atoms with Crippen molar-refractivity contribution in [3.63, 3.8) is 0 Å². The number of nitrogens with one attached hydrogen (secondary N) is 1. The van der Waals surface area contributed by atoms with Gasteiger partial charge in [-0.05, 0) is 51.0 Å². The SMILES string of the molecule is CCCNCC1(CN(CCO)C(C)C)CCCC(C)C1. The van der Waals surface area contributed by atoms with Crippen LogP contribution in [0.15, 0.2) is 0 Å². The van der Waals surface area contributed by atoms with Gasteiger partial charge in [-0.25, -0.2) is 0 Å². The summed E-state index contributed by atoms with van der Waals surface area (Å²) in [6.45, 7) is 13.6. The fourth-order valence-electron chi connectivity index (χ4n) is 3.74. The molecule has 2 atom stereocenters. The van der Waals surface area contributed by atoms with E-state index in [1.165, 1.54) is 32.1 Å². The minimum absolute atomic E-state index is 0.270. The molecule has 0 aromatic heterocycles. The first-order valence-corrected chi connectivity index (χ1v) is 8.58. The van der Waals surface area contributed by atoms with Crippen molar-refractivity contribution < 1.29 is 5.11 Å². The summed E-state index contributed by atoms with van der Waals surface area (Å²) in [6.07, 6.45) is 6.62. The van der Waals surface area contributed by atoms with Gasteiger partial charge in [-0.1, -0.05) is 26.7 Å². The van der Waals surface area contributed by atoms with Crippen molar-refractivity contribution in [1.82, 2.24) is 10.2 Å². The third kappa shape index (κ3) is 5.71. The number of aliphatic hydroxyl groups excluding tert-OH is 1. The van der Waals surface area contributed by atoms with Crippen LogP contribution < -0.4 is 5.32 Å². The molecule has 0 aliphatic heterocycles. The molecule has 1 fully saturated rings. The van der Waals surface area contributed by atoms with Crippen LogP contribution in [0, 0.1) is 11.3 Å². The minimum atomic E-state index is 0.270. The molecule has 1 rings (SSSR count). The van der Waals surface area contributed by atoms with Gasteiger partial charge in [-0.3, -0.25) is 4.90 Å². The molecular formula is C17H36N2O. The number of hydrogen-bond donors (Lipinski definition) is 2. The van der Waals surface area contributed by atoms with E-state index in [0.717, 1.165) is 32.1 Å². The molecule has 2 unspecified atom stereocenters. The lowest BCUT2D eigenvalue weighted by Crippen LogP contribution is -2.49. The van der Waals surface area contributed by atoms with Crippen molar-refractivity contribution in [2.45, 2.75) is 65.8 Å². The van der Waals surface area contributed by atoms with Crippen molar-refractivity contribution >= 4 is 0 Å². The maximum atomic E-state index is 9.31. The van der Waals surface area contributed by atoms with Gasteiger partial charge in [0.15, 0.2) is 0 Å². The first-order chi connectivity index (χ1) is 9.53. The average molecular weight is 284 g/mol. The molecule has 0 aromatic carbocycles. The topological polar surface area (TPSA) is 35.5 Å². The van der Waals surface area contributed by atoms with Gasteiger partial charge >= 0.3 is 0 Å². The molecule has 0 amide bonds. The molecule has 0 radical (unpaired) electrons. The standard InChI is InChI=1S/C17H36N2O/c1-5-9-18-13-17(8-6-7-16(4)12-17)14-19(10-11-20)15(2)3/h15-16,18,20H,5-14H2,1-4H3. The molecule has 120 valence electrons. The predicted octanol–water partition coefficient (Wildman–Crippen LogP) is 2.89. The van der Waals surface area contributed by atoms with Gasteiger partial charge in [-0.15, -0.1) is 0 Å². The second-order valence-electron chi connectivity index (χ2n) is 7.17. The molecule has 1 saturated carbocycles. The summed E-state index contributed by atoms with van der Waals surface area (Å²) in [7, 11) is 0. The van der Waals surface area contributed by atoms with Crippen LogP contribution in [0.1, 0.15) is 59.8 Å². The number of rotatable bonds is 9. The van der Waals surface area contributed by atoms with Gasteiger partial charge in [0.2, 0.25) is 0 Å². The van der Waals surface area contributed by atoms with E-state index in [0.29, 0.717) is 11.5 Å². The Bertz CT molecular complexity index is 257. The van der Waals surface area contributed by atoms with Crippen LogP contribution in [-0.2, 0) is 0 Å². The van der Waals surface area contributed by atoms with Crippen molar-refractivity contribution in [1.29, 1.82) is 0 Å². The highest BCUT2D eigenvalue weighted by atomic mass is 16.3. The summed E-state index contributed by atoms with van der Waals surface area (Å²) in [6, 6.07) is 0.516. The molecule has 3 nitrogen and oxygen atoms in total. The normalized spacial score (nSPS) is 27.4. The van der Waals surface area contributed by atoms with Gasteiger partial charge in [0.05, 0.1) is 6.61 Å². The summed E-state index contributed by atoms with van der Waals surface area (Å²) in [4.78, 5) is 2.46. The fraction of sp³-hybridized carbons (Fsp3) is 1.00. The number of nitrogens with zero attached hydrogens (tertiary/aromatic N) is 1. The van der Waals surface area contributed by atoms with Crippen molar-refractivity contribution in [3.8, 4) is 0 Å². The zero-order valence-electron chi connectivity index (χ0n) is 14.1. The van der Waals surface area contributed by atoms with E-state index in [1.54, 1.807) is 0 Å². The molecule has 2 N–H and O–H groups in total. The van der Waals surface area contributed by atoms with Gasteiger partial charge in [0.25, 0.3) is 0 Å². The first kappa shape index (κ1) is 17.9. The van der Waals surface area contributed by atoms with E-state index in [9.17, 15) is 5.11 Å². The average Bonchev–Trinajstić information content (AvgIpc) is 2.38. The summed E-state index contributed by atoms with van der Waals surface area (Å²) in [5, 5.41) is 13.0. The Balaban J connectivity index is 2.69. The molecule has 3 heteroatoms.